The number of hydrogen-bond acceptors (Lipinski definition) is 4. The zero-order chi connectivity index (χ0) is 13.4. The number of aromatic nitrogens is 2. The molecule has 104 valence electrons. The van der Waals surface area contributed by atoms with Gasteiger partial charge in [0.2, 0.25) is 0 Å². The van der Waals surface area contributed by atoms with Crippen LogP contribution in [0.5, 0.6) is 0 Å². The number of methoxy groups -OCH3 is 1. The van der Waals surface area contributed by atoms with Gasteiger partial charge in [-0.1, -0.05) is 6.92 Å². The van der Waals surface area contributed by atoms with Crippen LogP contribution in [0.2, 0.25) is 0 Å². The average molecular weight is 255 g/mol. The summed E-state index contributed by atoms with van der Waals surface area (Å²) in [6, 6.07) is 0. The Morgan fingerprint density at radius 3 is 3.00 bits per heavy atom. The molecule has 0 radical (unpaired) electrons. The van der Waals surface area contributed by atoms with Gasteiger partial charge in [0, 0.05) is 46.0 Å². The summed E-state index contributed by atoms with van der Waals surface area (Å²) >= 11 is 0. The lowest BCUT2D eigenvalue weighted by molar-refractivity contribution is 0.0246. The fourth-order valence-corrected chi connectivity index (χ4v) is 1.81. The van der Waals surface area contributed by atoms with Crippen molar-refractivity contribution in [2.24, 2.45) is 0 Å². The van der Waals surface area contributed by atoms with Crippen molar-refractivity contribution in [1.82, 2.24) is 14.9 Å². The number of aliphatic hydroxyl groups is 1. The molecule has 0 bridgehead atoms. The van der Waals surface area contributed by atoms with Crippen LogP contribution in [-0.2, 0) is 17.8 Å². The van der Waals surface area contributed by atoms with E-state index in [9.17, 15) is 5.11 Å². The molecule has 1 atom stereocenters. The number of nitrogens with one attached hydrogen (secondary N) is 1. The maximum Gasteiger partial charge on any atom is 0.0948 e. The summed E-state index contributed by atoms with van der Waals surface area (Å²) in [7, 11) is 1.65. The van der Waals surface area contributed by atoms with Crippen molar-refractivity contribution in [2.75, 3.05) is 20.3 Å². The monoisotopic (exact) mass is 255 g/mol. The van der Waals surface area contributed by atoms with Crippen LogP contribution in [-0.4, -0.2) is 40.5 Å². The maximum absolute atomic E-state index is 10.1. The van der Waals surface area contributed by atoms with Gasteiger partial charge in [-0.15, -0.1) is 0 Å². The SMILES string of the molecule is CCCn1cncc1CNCC(C)(O)CCOC. The Morgan fingerprint density at radius 2 is 2.33 bits per heavy atom. The molecule has 0 saturated carbocycles. The average Bonchev–Trinajstić information content (AvgIpc) is 2.75. The first-order valence-electron chi connectivity index (χ1n) is 6.50. The van der Waals surface area contributed by atoms with Crippen molar-refractivity contribution in [3.8, 4) is 0 Å². The van der Waals surface area contributed by atoms with E-state index in [1.54, 1.807) is 7.11 Å². The van der Waals surface area contributed by atoms with Gasteiger partial charge in [-0.25, -0.2) is 4.98 Å². The van der Waals surface area contributed by atoms with E-state index in [2.05, 4.69) is 21.8 Å². The predicted molar refractivity (Wildman–Crippen MR) is 71.3 cm³/mol. The van der Waals surface area contributed by atoms with Gasteiger partial charge in [0.15, 0.2) is 0 Å². The van der Waals surface area contributed by atoms with Crippen molar-refractivity contribution in [3.05, 3.63) is 18.2 Å². The summed E-state index contributed by atoms with van der Waals surface area (Å²) in [6.07, 6.45) is 5.44. The molecule has 0 saturated heterocycles. The molecule has 0 aromatic carbocycles. The molecule has 5 heteroatoms. The number of aryl methyl sites for hydroxylation is 1. The van der Waals surface area contributed by atoms with Crippen LogP contribution in [0.15, 0.2) is 12.5 Å². The molecule has 0 amide bonds. The Labute approximate surface area is 109 Å². The molecule has 1 aromatic heterocycles. The van der Waals surface area contributed by atoms with Gasteiger partial charge in [0.1, 0.15) is 0 Å². The van der Waals surface area contributed by atoms with E-state index in [4.69, 9.17) is 4.74 Å². The fraction of sp³-hybridized carbons (Fsp3) is 0.769. The van der Waals surface area contributed by atoms with E-state index in [-0.39, 0.29) is 0 Å². The molecule has 5 nitrogen and oxygen atoms in total. The molecular formula is C13H25N3O2. The van der Waals surface area contributed by atoms with Crippen LogP contribution >= 0.6 is 0 Å². The molecular weight excluding hydrogens is 230 g/mol. The Kier molecular flexibility index (Phi) is 6.32. The number of ether oxygens (including phenoxy) is 1. The van der Waals surface area contributed by atoms with Crippen LogP contribution in [0, 0.1) is 0 Å². The molecule has 2 N–H and O–H groups in total. The van der Waals surface area contributed by atoms with E-state index >= 15 is 0 Å². The molecule has 1 heterocycles. The molecule has 0 aliphatic carbocycles. The summed E-state index contributed by atoms with van der Waals surface area (Å²) in [5, 5.41) is 13.4. The highest BCUT2D eigenvalue weighted by molar-refractivity contribution is 4.98. The van der Waals surface area contributed by atoms with E-state index in [1.165, 1.54) is 0 Å². The summed E-state index contributed by atoms with van der Waals surface area (Å²) in [6.45, 7) is 6.80. The van der Waals surface area contributed by atoms with Gasteiger partial charge in [-0.05, 0) is 13.3 Å². The largest absolute Gasteiger partial charge is 0.389 e. The molecule has 0 aliphatic heterocycles. The second-order valence-electron chi connectivity index (χ2n) is 4.92. The van der Waals surface area contributed by atoms with Gasteiger partial charge in [0.25, 0.3) is 0 Å². The van der Waals surface area contributed by atoms with Gasteiger partial charge in [-0.2, -0.15) is 0 Å². The van der Waals surface area contributed by atoms with Crippen LogP contribution in [0.4, 0.5) is 0 Å². The first-order chi connectivity index (χ1) is 8.59. The van der Waals surface area contributed by atoms with Crippen molar-refractivity contribution in [1.29, 1.82) is 0 Å². The molecule has 18 heavy (non-hydrogen) atoms. The number of hydrogen-bond donors (Lipinski definition) is 2. The summed E-state index contributed by atoms with van der Waals surface area (Å²) in [5.41, 5.74) is 0.422. The van der Waals surface area contributed by atoms with E-state index in [1.807, 2.05) is 19.4 Å². The molecule has 1 rings (SSSR count). The molecule has 0 spiro atoms. The first kappa shape index (κ1) is 15.1. The second-order valence-corrected chi connectivity index (χ2v) is 4.92. The normalized spacial score (nSPS) is 14.7. The highest BCUT2D eigenvalue weighted by Gasteiger charge is 2.19. The third-order valence-electron chi connectivity index (χ3n) is 2.92. The van der Waals surface area contributed by atoms with E-state index in [0.717, 1.165) is 25.2 Å². The Balaban J connectivity index is 2.34. The lowest BCUT2D eigenvalue weighted by Crippen LogP contribution is -2.38. The lowest BCUT2D eigenvalue weighted by atomic mass is 10.0. The third-order valence-corrected chi connectivity index (χ3v) is 2.92. The van der Waals surface area contributed by atoms with E-state index in [0.29, 0.717) is 19.6 Å². The van der Waals surface area contributed by atoms with Crippen LogP contribution in [0.1, 0.15) is 32.4 Å². The van der Waals surface area contributed by atoms with Crippen LogP contribution < -0.4 is 5.32 Å². The van der Waals surface area contributed by atoms with Crippen LogP contribution in [0.3, 0.4) is 0 Å². The number of rotatable bonds is 9. The Bertz CT molecular complexity index is 337. The minimum Gasteiger partial charge on any atom is -0.389 e. The van der Waals surface area contributed by atoms with Crippen molar-refractivity contribution in [3.63, 3.8) is 0 Å². The maximum atomic E-state index is 10.1. The Hall–Kier alpha value is -0.910. The van der Waals surface area contributed by atoms with Gasteiger partial charge in [0.05, 0.1) is 17.6 Å². The molecule has 0 aliphatic rings. The number of imidazole rings is 1. The lowest BCUT2D eigenvalue weighted by Gasteiger charge is -2.23. The minimum atomic E-state index is -0.731. The van der Waals surface area contributed by atoms with Gasteiger partial charge >= 0.3 is 0 Å². The van der Waals surface area contributed by atoms with E-state index < -0.39 is 5.60 Å². The summed E-state index contributed by atoms with van der Waals surface area (Å²) in [5.74, 6) is 0. The molecule has 1 unspecified atom stereocenters. The highest BCUT2D eigenvalue weighted by atomic mass is 16.5. The molecule has 0 fully saturated rings. The van der Waals surface area contributed by atoms with Crippen molar-refractivity contribution < 1.29 is 9.84 Å². The fourth-order valence-electron chi connectivity index (χ4n) is 1.81. The molecule has 1 aromatic rings. The first-order valence-corrected chi connectivity index (χ1v) is 6.50. The Morgan fingerprint density at radius 1 is 1.56 bits per heavy atom. The zero-order valence-electron chi connectivity index (χ0n) is 11.6. The topological polar surface area (TPSA) is 59.3 Å². The van der Waals surface area contributed by atoms with Gasteiger partial charge in [-0.3, -0.25) is 0 Å². The zero-order valence-corrected chi connectivity index (χ0v) is 11.6. The van der Waals surface area contributed by atoms with Gasteiger partial charge < -0.3 is 19.7 Å². The smallest absolute Gasteiger partial charge is 0.0948 e. The quantitative estimate of drug-likeness (QED) is 0.695. The summed E-state index contributed by atoms with van der Waals surface area (Å²) < 4.78 is 7.11. The summed E-state index contributed by atoms with van der Waals surface area (Å²) in [4.78, 5) is 4.15. The highest BCUT2D eigenvalue weighted by Crippen LogP contribution is 2.08. The minimum absolute atomic E-state index is 0.549. The van der Waals surface area contributed by atoms with Crippen molar-refractivity contribution in [2.45, 2.75) is 45.4 Å². The predicted octanol–water partition coefficient (Wildman–Crippen LogP) is 1.17. The van der Waals surface area contributed by atoms with Crippen molar-refractivity contribution >= 4 is 0 Å². The number of nitrogens with zero attached hydrogens (tertiary/aromatic N) is 2. The standard InChI is InChI=1S/C13H25N3O2/c1-4-6-16-11-15-9-12(16)8-14-10-13(2,17)5-7-18-3/h9,11,14,17H,4-8,10H2,1-3H3. The second kappa shape index (κ2) is 7.51. The van der Waals surface area contributed by atoms with Crippen LogP contribution in [0.25, 0.3) is 0 Å². The third kappa shape index (κ3) is 5.16.